The first-order valence-corrected chi connectivity index (χ1v) is 7.71. The average Bonchev–Trinajstić information content (AvgIpc) is 2.59. The molecule has 2 aromatic rings. The summed E-state index contributed by atoms with van der Waals surface area (Å²) in [6.07, 6.45) is 5.89. The Morgan fingerprint density at radius 3 is 1.78 bits per heavy atom. The van der Waals surface area contributed by atoms with E-state index in [1.807, 2.05) is 48.6 Å². The van der Waals surface area contributed by atoms with Crippen molar-refractivity contribution in [3.8, 4) is 0 Å². The molecule has 0 aliphatic carbocycles. The van der Waals surface area contributed by atoms with E-state index in [1.165, 1.54) is 0 Å². The Labute approximate surface area is 138 Å². The van der Waals surface area contributed by atoms with Gasteiger partial charge in [-0.1, -0.05) is 92.0 Å². The molecule has 0 fully saturated rings. The second kappa shape index (κ2) is 7.55. The van der Waals surface area contributed by atoms with Gasteiger partial charge in [-0.05, 0) is 23.6 Å². The van der Waals surface area contributed by atoms with Gasteiger partial charge in [-0.2, -0.15) is 0 Å². The van der Waals surface area contributed by atoms with E-state index in [0.717, 1.165) is 16.7 Å². The maximum atomic E-state index is 12.1. The van der Waals surface area contributed by atoms with Crippen LogP contribution in [0.3, 0.4) is 0 Å². The standard InChI is InChI=1S/C22H22O/c1-4-12-19(5-2)22(17-18(3)23,20-13-8-6-9-14-20)21-15-10-7-11-16-21/h4-16H,1-2,17H2,3H3/b19-12+. The molecule has 0 saturated heterocycles. The predicted molar refractivity (Wildman–Crippen MR) is 97.4 cm³/mol. The Morgan fingerprint density at radius 1 is 0.957 bits per heavy atom. The Balaban J connectivity index is 2.84. The van der Waals surface area contributed by atoms with Crippen LogP contribution in [0.25, 0.3) is 0 Å². The monoisotopic (exact) mass is 302 g/mol. The lowest BCUT2D eigenvalue weighted by molar-refractivity contribution is -0.117. The van der Waals surface area contributed by atoms with Crippen LogP contribution in [-0.2, 0) is 10.2 Å². The predicted octanol–water partition coefficient (Wildman–Crippen LogP) is 5.25. The van der Waals surface area contributed by atoms with Crippen LogP contribution in [0, 0.1) is 0 Å². The molecule has 0 saturated carbocycles. The quantitative estimate of drug-likeness (QED) is 0.638. The van der Waals surface area contributed by atoms with E-state index in [0.29, 0.717) is 6.42 Å². The minimum Gasteiger partial charge on any atom is -0.300 e. The molecule has 0 unspecified atom stereocenters. The van der Waals surface area contributed by atoms with Crippen LogP contribution in [0.2, 0.25) is 0 Å². The zero-order valence-corrected chi connectivity index (χ0v) is 13.5. The van der Waals surface area contributed by atoms with Gasteiger partial charge in [0.25, 0.3) is 0 Å². The number of rotatable bonds is 7. The molecule has 0 radical (unpaired) electrons. The summed E-state index contributed by atoms with van der Waals surface area (Å²) in [5.41, 5.74) is 2.58. The molecule has 116 valence electrons. The Kier molecular flexibility index (Phi) is 5.48. The first-order valence-electron chi connectivity index (χ1n) is 7.71. The number of benzene rings is 2. The first-order chi connectivity index (χ1) is 11.1. The maximum Gasteiger partial charge on any atom is 0.131 e. The van der Waals surface area contributed by atoms with Gasteiger partial charge in [-0.15, -0.1) is 0 Å². The Hall–Kier alpha value is -2.67. The fraction of sp³-hybridized carbons (Fsp3) is 0.136. The van der Waals surface area contributed by atoms with Crippen LogP contribution in [0.15, 0.2) is 97.6 Å². The summed E-state index contributed by atoms with van der Waals surface area (Å²) in [6, 6.07) is 20.2. The highest BCUT2D eigenvalue weighted by Crippen LogP contribution is 2.43. The minimum absolute atomic E-state index is 0.134. The normalized spacial score (nSPS) is 11.8. The topological polar surface area (TPSA) is 17.1 Å². The molecule has 0 amide bonds. The molecule has 0 N–H and O–H groups in total. The smallest absolute Gasteiger partial charge is 0.131 e. The van der Waals surface area contributed by atoms with Gasteiger partial charge >= 0.3 is 0 Å². The van der Waals surface area contributed by atoms with Crippen LogP contribution < -0.4 is 0 Å². The molecule has 0 aliphatic rings. The lowest BCUT2D eigenvalue weighted by Gasteiger charge is -2.36. The summed E-state index contributed by atoms with van der Waals surface area (Å²) in [5.74, 6) is 0.134. The molecule has 0 heterocycles. The van der Waals surface area contributed by atoms with E-state index >= 15 is 0 Å². The lowest BCUT2D eigenvalue weighted by Crippen LogP contribution is -2.32. The van der Waals surface area contributed by atoms with E-state index in [-0.39, 0.29) is 5.78 Å². The molecule has 0 atom stereocenters. The molecular weight excluding hydrogens is 280 g/mol. The van der Waals surface area contributed by atoms with Crippen molar-refractivity contribution < 1.29 is 4.79 Å². The summed E-state index contributed by atoms with van der Waals surface area (Å²) < 4.78 is 0. The number of carbonyl (C=O) groups is 1. The highest BCUT2D eigenvalue weighted by molar-refractivity contribution is 5.80. The number of ketones is 1. The second-order valence-corrected chi connectivity index (χ2v) is 5.58. The molecular formula is C22H22O. The molecule has 2 aromatic carbocycles. The third kappa shape index (κ3) is 3.40. The van der Waals surface area contributed by atoms with Crippen LogP contribution in [0.4, 0.5) is 0 Å². The highest BCUT2D eigenvalue weighted by atomic mass is 16.1. The van der Waals surface area contributed by atoms with Gasteiger partial charge in [-0.3, -0.25) is 4.79 Å². The van der Waals surface area contributed by atoms with Crippen LogP contribution in [-0.4, -0.2) is 5.78 Å². The second-order valence-electron chi connectivity index (χ2n) is 5.58. The molecule has 0 aliphatic heterocycles. The zero-order chi connectivity index (χ0) is 16.7. The summed E-state index contributed by atoms with van der Waals surface area (Å²) in [6.45, 7) is 9.43. The van der Waals surface area contributed by atoms with E-state index in [4.69, 9.17) is 0 Å². The van der Waals surface area contributed by atoms with Crippen molar-refractivity contribution in [2.24, 2.45) is 0 Å². The summed E-state index contributed by atoms with van der Waals surface area (Å²) in [7, 11) is 0. The maximum absolute atomic E-state index is 12.1. The molecule has 23 heavy (non-hydrogen) atoms. The third-order valence-corrected chi connectivity index (χ3v) is 4.06. The number of hydrogen-bond acceptors (Lipinski definition) is 1. The largest absolute Gasteiger partial charge is 0.300 e. The number of hydrogen-bond donors (Lipinski definition) is 0. The summed E-state index contributed by atoms with van der Waals surface area (Å²) in [5, 5.41) is 0. The van der Waals surface area contributed by atoms with E-state index in [2.05, 4.69) is 37.4 Å². The average molecular weight is 302 g/mol. The Bertz CT molecular complexity index is 669. The molecule has 1 nitrogen and oxygen atoms in total. The van der Waals surface area contributed by atoms with Crippen molar-refractivity contribution in [2.75, 3.05) is 0 Å². The zero-order valence-electron chi connectivity index (χ0n) is 13.5. The number of carbonyl (C=O) groups excluding carboxylic acids is 1. The number of Topliss-reactive ketones (excluding diaryl/α,β-unsaturated/α-hetero) is 1. The molecule has 2 rings (SSSR count). The Morgan fingerprint density at radius 2 is 1.43 bits per heavy atom. The summed E-state index contributed by atoms with van der Waals surface area (Å²) >= 11 is 0. The van der Waals surface area contributed by atoms with Crippen LogP contribution in [0.5, 0.6) is 0 Å². The third-order valence-electron chi connectivity index (χ3n) is 4.06. The van der Waals surface area contributed by atoms with Crippen LogP contribution in [0.1, 0.15) is 24.5 Å². The van der Waals surface area contributed by atoms with Crippen molar-refractivity contribution in [3.63, 3.8) is 0 Å². The van der Waals surface area contributed by atoms with E-state index in [1.54, 1.807) is 13.0 Å². The number of allylic oxidation sites excluding steroid dienone is 4. The van der Waals surface area contributed by atoms with Crippen molar-refractivity contribution in [1.29, 1.82) is 0 Å². The molecule has 0 spiro atoms. The van der Waals surface area contributed by atoms with Crippen LogP contribution >= 0.6 is 0 Å². The van der Waals surface area contributed by atoms with Gasteiger partial charge in [-0.25, -0.2) is 0 Å². The highest BCUT2D eigenvalue weighted by Gasteiger charge is 2.37. The van der Waals surface area contributed by atoms with Gasteiger partial charge in [0.05, 0.1) is 5.41 Å². The van der Waals surface area contributed by atoms with Crippen molar-refractivity contribution in [2.45, 2.75) is 18.8 Å². The lowest BCUT2D eigenvalue weighted by atomic mass is 9.66. The van der Waals surface area contributed by atoms with Gasteiger partial charge in [0.1, 0.15) is 5.78 Å². The molecule has 0 bridgehead atoms. The molecule has 0 aromatic heterocycles. The van der Waals surface area contributed by atoms with Crippen molar-refractivity contribution in [3.05, 3.63) is 109 Å². The SMILES string of the molecule is C=C/C=C(\C=C)C(CC(C)=O)(c1ccccc1)c1ccccc1. The summed E-state index contributed by atoms with van der Waals surface area (Å²) in [4.78, 5) is 12.1. The van der Waals surface area contributed by atoms with Gasteiger partial charge in [0.2, 0.25) is 0 Å². The fourth-order valence-electron chi connectivity index (χ4n) is 3.14. The van der Waals surface area contributed by atoms with E-state index in [9.17, 15) is 4.79 Å². The minimum atomic E-state index is -0.551. The van der Waals surface area contributed by atoms with Gasteiger partial charge in [0, 0.05) is 6.42 Å². The van der Waals surface area contributed by atoms with E-state index < -0.39 is 5.41 Å². The fourth-order valence-corrected chi connectivity index (χ4v) is 3.14. The van der Waals surface area contributed by atoms with Gasteiger partial charge in [0.15, 0.2) is 0 Å². The van der Waals surface area contributed by atoms with Crippen molar-refractivity contribution >= 4 is 5.78 Å². The first kappa shape index (κ1) is 16.7. The van der Waals surface area contributed by atoms with Gasteiger partial charge < -0.3 is 0 Å². The van der Waals surface area contributed by atoms with Crippen molar-refractivity contribution in [1.82, 2.24) is 0 Å². The molecule has 1 heteroatoms.